The lowest BCUT2D eigenvalue weighted by molar-refractivity contribution is -0.262. The van der Waals surface area contributed by atoms with Crippen molar-refractivity contribution in [3.63, 3.8) is 0 Å². The predicted octanol–water partition coefficient (Wildman–Crippen LogP) is 3.55. The summed E-state index contributed by atoms with van der Waals surface area (Å²) in [5.74, 6) is -0.231. The van der Waals surface area contributed by atoms with E-state index in [9.17, 15) is 0 Å². The molecular weight excluding hydrogens is 236 g/mol. The quantitative estimate of drug-likeness (QED) is 0.714. The topological polar surface area (TPSA) is 18.5 Å². The fraction of sp³-hybridized carbons (Fsp3) is 0.294. The van der Waals surface area contributed by atoms with Crippen molar-refractivity contribution < 1.29 is 9.47 Å². The summed E-state index contributed by atoms with van der Waals surface area (Å²) in [5, 5.41) is 0. The molecule has 1 spiro atoms. The molecule has 0 bridgehead atoms. The van der Waals surface area contributed by atoms with Crippen LogP contribution >= 0.6 is 0 Å². The fourth-order valence-electron chi connectivity index (χ4n) is 3.08. The zero-order chi connectivity index (χ0) is 12.9. The van der Waals surface area contributed by atoms with Gasteiger partial charge in [0.1, 0.15) is 0 Å². The Morgan fingerprint density at radius 3 is 1.84 bits per heavy atom. The summed E-state index contributed by atoms with van der Waals surface area (Å²) in [6.07, 6.45) is 0. The van der Waals surface area contributed by atoms with Gasteiger partial charge in [-0.25, -0.2) is 0 Å². The molecule has 2 aromatic carbocycles. The van der Waals surface area contributed by atoms with Crippen LogP contribution < -0.4 is 0 Å². The number of fused-ring (bicyclic) bond motifs is 5. The standard InChI is InChI=1S/C17H16O2/c1-12-10-18-17(19-11-12)15-8-4-2-6-13(15)14-7-3-5-9-16(14)17/h2-9,12H,10-11H2,1H3. The third-order valence-electron chi connectivity index (χ3n) is 4.00. The molecule has 1 saturated heterocycles. The van der Waals surface area contributed by atoms with Gasteiger partial charge in [-0.15, -0.1) is 0 Å². The lowest BCUT2D eigenvalue weighted by Crippen LogP contribution is -2.40. The van der Waals surface area contributed by atoms with Gasteiger partial charge in [0.2, 0.25) is 5.79 Å². The van der Waals surface area contributed by atoms with Crippen LogP contribution in [0, 0.1) is 5.92 Å². The molecule has 2 nitrogen and oxygen atoms in total. The first kappa shape index (κ1) is 11.2. The number of benzene rings is 2. The lowest BCUT2D eigenvalue weighted by Gasteiger charge is -2.38. The zero-order valence-corrected chi connectivity index (χ0v) is 10.9. The van der Waals surface area contributed by atoms with E-state index < -0.39 is 5.79 Å². The zero-order valence-electron chi connectivity index (χ0n) is 10.9. The molecule has 1 aliphatic carbocycles. The molecule has 0 radical (unpaired) electrons. The molecule has 2 aromatic rings. The summed E-state index contributed by atoms with van der Waals surface area (Å²) >= 11 is 0. The first-order valence-electron chi connectivity index (χ1n) is 6.78. The molecule has 0 N–H and O–H groups in total. The van der Waals surface area contributed by atoms with Gasteiger partial charge in [-0.2, -0.15) is 0 Å². The van der Waals surface area contributed by atoms with E-state index in [0.717, 1.165) is 24.3 Å². The Bertz CT molecular complexity index is 577. The minimum Gasteiger partial charge on any atom is -0.342 e. The van der Waals surface area contributed by atoms with Crippen molar-refractivity contribution in [2.24, 2.45) is 5.92 Å². The van der Waals surface area contributed by atoms with Crippen LogP contribution in [0.1, 0.15) is 18.1 Å². The minimum absolute atomic E-state index is 0.450. The molecule has 0 atom stereocenters. The number of hydrogen-bond donors (Lipinski definition) is 0. The van der Waals surface area contributed by atoms with Crippen molar-refractivity contribution in [2.75, 3.05) is 13.2 Å². The van der Waals surface area contributed by atoms with Crippen molar-refractivity contribution in [3.05, 3.63) is 59.7 Å². The van der Waals surface area contributed by atoms with Gasteiger partial charge in [0, 0.05) is 17.0 Å². The van der Waals surface area contributed by atoms with Gasteiger partial charge in [-0.05, 0) is 11.1 Å². The van der Waals surface area contributed by atoms with Gasteiger partial charge in [0.05, 0.1) is 13.2 Å². The highest BCUT2D eigenvalue weighted by atomic mass is 16.7. The Morgan fingerprint density at radius 1 is 0.842 bits per heavy atom. The highest BCUT2D eigenvalue weighted by Crippen LogP contribution is 2.51. The third-order valence-corrected chi connectivity index (χ3v) is 4.00. The van der Waals surface area contributed by atoms with E-state index in [0.29, 0.717) is 5.92 Å². The molecule has 2 heteroatoms. The normalized spacial score (nSPS) is 20.3. The largest absolute Gasteiger partial charge is 0.342 e. The van der Waals surface area contributed by atoms with E-state index in [4.69, 9.17) is 9.47 Å². The van der Waals surface area contributed by atoms with E-state index in [-0.39, 0.29) is 0 Å². The number of ether oxygens (including phenoxy) is 2. The molecule has 1 heterocycles. The average Bonchev–Trinajstić information content (AvgIpc) is 2.74. The van der Waals surface area contributed by atoms with E-state index in [1.807, 2.05) is 0 Å². The first-order valence-corrected chi connectivity index (χ1v) is 6.78. The van der Waals surface area contributed by atoms with Gasteiger partial charge >= 0.3 is 0 Å². The summed E-state index contributed by atoms with van der Waals surface area (Å²) in [7, 11) is 0. The Labute approximate surface area is 113 Å². The van der Waals surface area contributed by atoms with Crippen molar-refractivity contribution in [3.8, 4) is 11.1 Å². The van der Waals surface area contributed by atoms with Crippen LogP contribution in [-0.2, 0) is 15.3 Å². The van der Waals surface area contributed by atoms with E-state index in [1.165, 1.54) is 11.1 Å². The van der Waals surface area contributed by atoms with E-state index >= 15 is 0 Å². The molecule has 0 saturated carbocycles. The maximum absolute atomic E-state index is 6.17. The van der Waals surface area contributed by atoms with Crippen molar-refractivity contribution >= 4 is 0 Å². The Hall–Kier alpha value is -1.64. The van der Waals surface area contributed by atoms with Crippen molar-refractivity contribution in [1.29, 1.82) is 0 Å². The monoisotopic (exact) mass is 252 g/mol. The third kappa shape index (κ3) is 1.44. The van der Waals surface area contributed by atoms with Gasteiger partial charge in [0.25, 0.3) is 0 Å². The number of rotatable bonds is 0. The molecule has 0 amide bonds. The van der Waals surface area contributed by atoms with Crippen molar-refractivity contribution in [1.82, 2.24) is 0 Å². The van der Waals surface area contributed by atoms with Crippen LogP contribution in [0.15, 0.2) is 48.5 Å². The van der Waals surface area contributed by atoms with Crippen LogP contribution in [0.2, 0.25) is 0 Å². The molecule has 2 aliphatic rings. The predicted molar refractivity (Wildman–Crippen MR) is 73.7 cm³/mol. The maximum atomic E-state index is 6.17. The molecule has 96 valence electrons. The smallest absolute Gasteiger partial charge is 0.223 e. The Morgan fingerprint density at radius 2 is 1.32 bits per heavy atom. The molecule has 1 aliphatic heterocycles. The summed E-state index contributed by atoms with van der Waals surface area (Å²) in [4.78, 5) is 0. The highest BCUT2D eigenvalue weighted by Gasteiger charge is 2.47. The summed E-state index contributed by atoms with van der Waals surface area (Å²) in [6.45, 7) is 3.63. The molecule has 0 unspecified atom stereocenters. The lowest BCUT2D eigenvalue weighted by atomic mass is 10.0. The van der Waals surface area contributed by atoms with E-state index in [1.54, 1.807) is 0 Å². The molecule has 19 heavy (non-hydrogen) atoms. The van der Waals surface area contributed by atoms with Crippen LogP contribution in [0.5, 0.6) is 0 Å². The van der Waals surface area contributed by atoms with Gasteiger partial charge in [0.15, 0.2) is 0 Å². The summed E-state index contributed by atoms with van der Waals surface area (Å²) in [6, 6.07) is 16.8. The van der Waals surface area contributed by atoms with E-state index in [2.05, 4.69) is 55.5 Å². The average molecular weight is 252 g/mol. The first-order chi connectivity index (χ1) is 9.31. The second-order valence-corrected chi connectivity index (χ2v) is 5.43. The van der Waals surface area contributed by atoms with Crippen molar-refractivity contribution in [2.45, 2.75) is 12.7 Å². The molecule has 0 aromatic heterocycles. The second kappa shape index (κ2) is 3.92. The SMILES string of the molecule is CC1COC2(OC1)c1ccccc1-c1ccccc12. The van der Waals surface area contributed by atoms with Crippen LogP contribution in [0.25, 0.3) is 11.1 Å². The Kier molecular flexibility index (Phi) is 2.32. The van der Waals surface area contributed by atoms with Crippen LogP contribution in [0.4, 0.5) is 0 Å². The minimum atomic E-state index is -0.681. The molecule has 1 fully saturated rings. The Balaban J connectivity index is 1.96. The molecule has 4 rings (SSSR count). The number of hydrogen-bond acceptors (Lipinski definition) is 2. The fourth-order valence-corrected chi connectivity index (χ4v) is 3.08. The summed E-state index contributed by atoms with van der Waals surface area (Å²) in [5.41, 5.74) is 4.74. The van der Waals surface area contributed by atoms with Gasteiger partial charge < -0.3 is 9.47 Å². The molecular formula is C17H16O2. The summed E-state index contributed by atoms with van der Waals surface area (Å²) < 4.78 is 12.3. The second-order valence-electron chi connectivity index (χ2n) is 5.43. The van der Waals surface area contributed by atoms with Gasteiger partial charge in [-0.1, -0.05) is 55.5 Å². The van der Waals surface area contributed by atoms with Crippen LogP contribution in [-0.4, -0.2) is 13.2 Å². The van der Waals surface area contributed by atoms with Gasteiger partial charge in [-0.3, -0.25) is 0 Å². The highest BCUT2D eigenvalue weighted by molar-refractivity contribution is 5.79. The maximum Gasteiger partial charge on any atom is 0.223 e. The van der Waals surface area contributed by atoms with Crippen LogP contribution in [0.3, 0.4) is 0 Å².